The van der Waals surface area contributed by atoms with Crippen LogP contribution in [0.2, 0.25) is 0 Å². The van der Waals surface area contributed by atoms with E-state index in [1.165, 1.54) is 12.2 Å². The van der Waals surface area contributed by atoms with E-state index in [4.69, 9.17) is 9.47 Å². The van der Waals surface area contributed by atoms with Gasteiger partial charge in [-0.15, -0.1) is 0 Å². The van der Waals surface area contributed by atoms with Crippen LogP contribution in [0, 0.1) is 0 Å². The van der Waals surface area contributed by atoms with Crippen molar-refractivity contribution in [3.05, 3.63) is 25.3 Å². The van der Waals surface area contributed by atoms with Gasteiger partial charge in [-0.2, -0.15) is 0 Å². The molecule has 2 atom stereocenters. The van der Waals surface area contributed by atoms with Gasteiger partial charge in [-0.25, -0.2) is 9.59 Å². The Labute approximate surface area is 171 Å². The van der Waals surface area contributed by atoms with Crippen molar-refractivity contribution in [3.63, 3.8) is 0 Å². The first-order valence-electron chi connectivity index (χ1n) is 7.96. The molecule has 0 aliphatic rings. The highest BCUT2D eigenvalue weighted by Crippen LogP contribution is 2.02. The van der Waals surface area contributed by atoms with E-state index in [0.29, 0.717) is 25.3 Å². The summed E-state index contributed by atoms with van der Waals surface area (Å²) < 4.78 is 11.4. The molecule has 0 aliphatic carbocycles. The van der Waals surface area contributed by atoms with Crippen molar-refractivity contribution >= 4 is 11.9 Å². The molecule has 0 heterocycles. The molecule has 0 aromatic heterocycles. The maximum absolute atomic E-state index is 10.7. The zero-order chi connectivity index (χ0) is 19.6. The molecule has 26 heavy (non-hydrogen) atoms. The van der Waals surface area contributed by atoms with Crippen molar-refractivity contribution in [2.45, 2.75) is 25.9 Å². The SMILES string of the molecule is C=CC(=O)OCC(C)[N+](C)(C)C.C=CC(=O)OCC(C)[N+](C)(C)C.[Cl-].[Cl-]. The second-order valence-electron chi connectivity index (χ2n) is 7.60. The molecule has 0 amide bonds. The van der Waals surface area contributed by atoms with E-state index in [-0.39, 0.29) is 36.8 Å². The van der Waals surface area contributed by atoms with E-state index in [9.17, 15) is 9.59 Å². The van der Waals surface area contributed by atoms with Gasteiger partial charge in [0, 0.05) is 12.2 Å². The molecule has 0 aromatic rings. The minimum absolute atomic E-state index is 0. The van der Waals surface area contributed by atoms with Crippen LogP contribution in [0.5, 0.6) is 0 Å². The van der Waals surface area contributed by atoms with Crippen LogP contribution in [0.25, 0.3) is 0 Å². The molecule has 0 radical (unpaired) electrons. The van der Waals surface area contributed by atoms with Crippen molar-refractivity contribution in [1.29, 1.82) is 0 Å². The third kappa shape index (κ3) is 17.7. The topological polar surface area (TPSA) is 52.6 Å². The van der Waals surface area contributed by atoms with Crippen molar-refractivity contribution in [1.82, 2.24) is 0 Å². The number of halogens is 2. The molecular weight excluding hydrogens is 379 g/mol. The number of hydrogen-bond acceptors (Lipinski definition) is 4. The highest BCUT2D eigenvalue weighted by Gasteiger charge is 2.19. The fourth-order valence-corrected chi connectivity index (χ4v) is 0.971. The van der Waals surface area contributed by atoms with Gasteiger partial charge in [-0.1, -0.05) is 13.2 Å². The molecule has 0 rings (SSSR count). The van der Waals surface area contributed by atoms with E-state index in [1.807, 2.05) is 13.8 Å². The fraction of sp³-hybridized carbons (Fsp3) is 0.667. The molecular formula is C18H36Cl2N2O4. The largest absolute Gasteiger partial charge is 1.00 e. The Balaban J connectivity index is -0.000000173. The van der Waals surface area contributed by atoms with Gasteiger partial charge in [0.1, 0.15) is 25.3 Å². The van der Waals surface area contributed by atoms with E-state index in [2.05, 4.69) is 55.4 Å². The minimum Gasteiger partial charge on any atom is -1.00 e. The highest BCUT2D eigenvalue weighted by atomic mass is 35.5. The Kier molecular flexibility index (Phi) is 18.8. The molecule has 2 unspecified atom stereocenters. The van der Waals surface area contributed by atoms with E-state index >= 15 is 0 Å². The molecule has 0 spiro atoms. The average Bonchev–Trinajstić information content (AvgIpc) is 2.47. The van der Waals surface area contributed by atoms with Gasteiger partial charge in [-0.05, 0) is 13.8 Å². The number of likely N-dealkylation sites (N-methyl/N-ethyl adjacent to an activating group) is 2. The average molecular weight is 415 g/mol. The number of quaternary nitrogens is 2. The van der Waals surface area contributed by atoms with E-state index < -0.39 is 0 Å². The first-order valence-corrected chi connectivity index (χ1v) is 7.96. The van der Waals surface area contributed by atoms with Gasteiger partial charge < -0.3 is 43.3 Å². The number of hydrogen-bond donors (Lipinski definition) is 0. The van der Waals surface area contributed by atoms with Crippen molar-refractivity contribution < 1.29 is 52.8 Å². The first-order chi connectivity index (χ1) is 10.8. The zero-order valence-electron chi connectivity index (χ0n) is 17.4. The van der Waals surface area contributed by atoms with E-state index in [0.717, 1.165) is 8.97 Å². The van der Waals surface area contributed by atoms with Crippen LogP contribution in [-0.4, -0.2) is 88.5 Å². The number of rotatable bonds is 8. The normalized spacial score (nSPS) is 12.6. The lowest BCUT2D eigenvalue weighted by Crippen LogP contribution is -3.00. The summed E-state index contributed by atoms with van der Waals surface area (Å²) >= 11 is 0. The quantitative estimate of drug-likeness (QED) is 0.229. The van der Waals surface area contributed by atoms with Crippen molar-refractivity contribution in [2.75, 3.05) is 55.5 Å². The van der Waals surface area contributed by atoms with Crippen LogP contribution in [0.3, 0.4) is 0 Å². The molecule has 156 valence electrons. The monoisotopic (exact) mass is 414 g/mol. The number of carbonyl (C=O) groups is 2. The molecule has 0 aromatic carbocycles. The summed E-state index contributed by atoms with van der Waals surface area (Å²) in [6, 6.07) is 0.600. The standard InChI is InChI=1S/2C9H18NO2.2ClH/c2*1-6-9(11)12-7-8(2)10(3,4)5;;/h2*6,8H,1,7H2,2-5H3;2*1H/q2*+1;;/p-2. The van der Waals surface area contributed by atoms with Crippen molar-refractivity contribution in [2.24, 2.45) is 0 Å². The molecule has 0 N–H and O–H groups in total. The van der Waals surface area contributed by atoms with Gasteiger partial charge in [0.25, 0.3) is 0 Å². The summed E-state index contributed by atoms with van der Waals surface area (Å²) in [6.07, 6.45) is 2.37. The Morgan fingerprint density at radius 2 is 1.00 bits per heavy atom. The molecule has 0 aliphatic heterocycles. The van der Waals surface area contributed by atoms with Crippen LogP contribution in [-0.2, 0) is 19.1 Å². The van der Waals surface area contributed by atoms with Gasteiger partial charge in [0.15, 0.2) is 0 Å². The van der Waals surface area contributed by atoms with Gasteiger partial charge in [-0.3, -0.25) is 0 Å². The lowest BCUT2D eigenvalue weighted by molar-refractivity contribution is -0.894. The number of esters is 2. The smallest absolute Gasteiger partial charge is 0.330 e. The third-order valence-corrected chi connectivity index (χ3v) is 3.91. The maximum Gasteiger partial charge on any atom is 0.330 e. The minimum atomic E-state index is -0.352. The number of ether oxygens (including phenoxy) is 2. The second-order valence-corrected chi connectivity index (χ2v) is 7.60. The zero-order valence-corrected chi connectivity index (χ0v) is 18.9. The van der Waals surface area contributed by atoms with E-state index in [1.54, 1.807) is 0 Å². The molecule has 8 heteroatoms. The van der Waals surface area contributed by atoms with Gasteiger partial charge in [0.2, 0.25) is 0 Å². The molecule has 0 bridgehead atoms. The Bertz CT molecular complexity index is 390. The summed E-state index contributed by atoms with van der Waals surface area (Å²) in [5, 5.41) is 0. The van der Waals surface area contributed by atoms with Gasteiger partial charge >= 0.3 is 11.9 Å². The second kappa shape index (κ2) is 15.0. The number of carbonyl (C=O) groups excluding carboxylic acids is 2. The Hall–Kier alpha value is -1.08. The fourth-order valence-electron chi connectivity index (χ4n) is 0.971. The molecule has 0 fully saturated rings. The lowest BCUT2D eigenvalue weighted by Gasteiger charge is -2.30. The predicted octanol–water partition coefficient (Wildman–Crippen LogP) is -4.37. The summed E-state index contributed by atoms with van der Waals surface area (Å²) in [5.74, 6) is -0.703. The van der Waals surface area contributed by atoms with Crippen LogP contribution in [0.15, 0.2) is 25.3 Å². The van der Waals surface area contributed by atoms with Gasteiger partial charge in [0.05, 0.1) is 42.3 Å². The van der Waals surface area contributed by atoms with Crippen LogP contribution < -0.4 is 24.8 Å². The highest BCUT2D eigenvalue weighted by molar-refractivity contribution is 5.81. The van der Waals surface area contributed by atoms with Crippen LogP contribution in [0.4, 0.5) is 0 Å². The lowest BCUT2D eigenvalue weighted by atomic mass is 10.3. The summed E-state index contributed by atoms with van der Waals surface area (Å²) in [6.45, 7) is 11.6. The summed E-state index contributed by atoms with van der Waals surface area (Å²) in [5.41, 5.74) is 0. The predicted molar refractivity (Wildman–Crippen MR) is 97.3 cm³/mol. The summed E-state index contributed by atoms with van der Waals surface area (Å²) in [7, 11) is 12.4. The van der Waals surface area contributed by atoms with Crippen molar-refractivity contribution in [3.8, 4) is 0 Å². The molecule has 0 saturated heterocycles. The molecule has 0 saturated carbocycles. The number of nitrogens with zero attached hydrogens (tertiary/aromatic N) is 2. The van der Waals surface area contributed by atoms with Crippen LogP contribution in [0.1, 0.15) is 13.8 Å². The summed E-state index contributed by atoms with van der Waals surface area (Å²) in [4.78, 5) is 21.4. The Morgan fingerprint density at radius 3 is 1.15 bits per heavy atom. The first kappa shape index (κ1) is 32.6. The molecule has 6 nitrogen and oxygen atoms in total. The third-order valence-electron chi connectivity index (χ3n) is 3.91. The maximum atomic E-state index is 10.7. The van der Waals surface area contributed by atoms with Crippen LogP contribution >= 0.6 is 0 Å². The Morgan fingerprint density at radius 1 is 0.769 bits per heavy atom.